The van der Waals surface area contributed by atoms with Crippen molar-refractivity contribution in [3.8, 4) is 11.5 Å². The molecule has 3 nitrogen and oxygen atoms in total. The predicted octanol–water partition coefficient (Wildman–Crippen LogP) is 2.44. The first-order valence-corrected chi connectivity index (χ1v) is 4.69. The molecular weight excluding hydrogens is 190 g/mol. The Balaban J connectivity index is 2.84. The van der Waals surface area contributed by atoms with Crippen LogP contribution in [0.4, 0.5) is 5.69 Å². The molecule has 0 radical (unpaired) electrons. The third-order valence-corrected chi connectivity index (χ3v) is 2.57. The number of rotatable bonds is 1. The van der Waals surface area contributed by atoms with Crippen molar-refractivity contribution in [1.29, 1.82) is 0 Å². The molecule has 0 aliphatic rings. The second kappa shape index (κ2) is 3.35. The molecule has 0 atom stereocenters. The van der Waals surface area contributed by atoms with Gasteiger partial charge in [0.25, 0.3) is 0 Å². The summed E-state index contributed by atoms with van der Waals surface area (Å²) in [7, 11) is 1.59. The number of anilines is 1. The smallest absolute Gasteiger partial charge is 0.123 e. The third kappa shape index (κ3) is 1.46. The molecule has 0 aliphatic carbocycles. The van der Waals surface area contributed by atoms with E-state index in [9.17, 15) is 5.11 Å². The Morgan fingerprint density at radius 3 is 2.60 bits per heavy atom. The van der Waals surface area contributed by atoms with Crippen LogP contribution in [-0.2, 0) is 0 Å². The molecule has 15 heavy (non-hydrogen) atoms. The van der Waals surface area contributed by atoms with Gasteiger partial charge in [-0.15, -0.1) is 0 Å². The summed E-state index contributed by atoms with van der Waals surface area (Å²) in [4.78, 5) is 0. The van der Waals surface area contributed by atoms with Crippen LogP contribution in [0.1, 0.15) is 5.56 Å². The van der Waals surface area contributed by atoms with Crippen LogP contribution in [0.25, 0.3) is 10.8 Å². The molecule has 0 heterocycles. The van der Waals surface area contributed by atoms with Crippen molar-refractivity contribution in [2.75, 3.05) is 12.8 Å². The molecular formula is C12H13NO2. The zero-order valence-corrected chi connectivity index (χ0v) is 8.74. The van der Waals surface area contributed by atoms with Crippen molar-refractivity contribution in [2.24, 2.45) is 0 Å². The molecule has 0 fully saturated rings. The minimum atomic E-state index is 0.232. The Morgan fingerprint density at radius 1 is 1.20 bits per heavy atom. The maximum atomic E-state index is 9.79. The average Bonchev–Trinajstić information content (AvgIpc) is 2.25. The van der Waals surface area contributed by atoms with E-state index in [1.807, 2.05) is 19.1 Å². The number of phenols is 1. The number of fused-ring (bicyclic) bond motifs is 1. The van der Waals surface area contributed by atoms with Crippen LogP contribution in [0.15, 0.2) is 24.3 Å². The average molecular weight is 203 g/mol. The van der Waals surface area contributed by atoms with Gasteiger partial charge in [0.1, 0.15) is 11.5 Å². The van der Waals surface area contributed by atoms with Gasteiger partial charge in [-0.05, 0) is 36.8 Å². The van der Waals surface area contributed by atoms with E-state index in [1.165, 1.54) is 0 Å². The lowest BCUT2D eigenvalue weighted by Gasteiger charge is -2.09. The monoisotopic (exact) mass is 203 g/mol. The second-order valence-electron chi connectivity index (χ2n) is 3.54. The van der Waals surface area contributed by atoms with Crippen molar-refractivity contribution in [2.45, 2.75) is 6.92 Å². The van der Waals surface area contributed by atoms with Gasteiger partial charge in [0, 0.05) is 16.5 Å². The van der Waals surface area contributed by atoms with Gasteiger partial charge in [0.15, 0.2) is 0 Å². The van der Waals surface area contributed by atoms with Crippen LogP contribution in [0.2, 0.25) is 0 Å². The van der Waals surface area contributed by atoms with Crippen molar-refractivity contribution in [3.05, 3.63) is 29.8 Å². The van der Waals surface area contributed by atoms with Gasteiger partial charge in [-0.3, -0.25) is 0 Å². The van der Waals surface area contributed by atoms with Crippen LogP contribution in [0, 0.1) is 6.92 Å². The zero-order valence-electron chi connectivity index (χ0n) is 8.74. The Hall–Kier alpha value is -1.90. The summed E-state index contributed by atoms with van der Waals surface area (Å²) in [5.41, 5.74) is 7.51. The molecule has 0 aliphatic heterocycles. The van der Waals surface area contributed by atoms with Gasteiger partial charge in [-0.2, -0.15) is 0 Å². The van der Waals surface area contributed by atoms with E-state index >= 15 is 0 Å². The van der Waals surface area contributed by atoms with E-state index in [-0.39, 0.29) is 5.75 Å². The lowest BCUT2D eigenvalue weighted by atomic mass is 10.0. The fourth-order valence-electron chi connectivity index (χ4n) is 1.67. The lowest BCUT2D eigenvalue weighted by molar-refractivity contribution is 0.415. The molecule has 3 N–H and O–H groups in total. The number of hydrogen-bond donors (Lipinski definition) is 2. The molecule has 78 valence electrons. The van der Waals surface area contributed by atoms with Crippen molar-refractivity contribution in [3.63, 3.8) is 0 Å². The Bertz CT molecular complexity index is 521. The third-order valence-electron chi connectivity index (χ3n) is 2.57. The van der Waals surface area contributed by atoms with Gasteiger partial charge >= 0.3 is 0 Å². The van der Waals surface area contributed by atoms with E-state index in [1.54, 1.807) is 19.2 Å². The Morgan fingerprint density at radius 2 is 1.93 bits per heavy atom. The highest BCUT2D eigenvalue weighted by Crippen LogP contribution is 2.34. The number of phenolic OH excluding ortho intramolecular Hbond substituents is 1. The topological polar surface area (TPSA) is 55.5 Å². The summed E-state index contributed by atoms with van der Waals surface area (Å²) in [5, 5.41) is 11.4. The minimum absolute atomic E-state index is 0.232. The highest BCUT2D eigenvalue weighted by molar-refractivity contribution is 5.99. The molecule has 0 aromatic heterocycles. The van der Waals surface area contributed by atoms with Gasteiger partial charge in [0.05, 0.1) is 7.11 Å². The van der Waals surface area contributed by atoms with E-state index < -0.39 is 0 Å². The first kappa shape index (κ1) is 9.65. The van der Waals surface area contributed by atoms with E-state index in [0.717, 1.165) is 16.3 Å². The van der Waals surface area contributed by atoms with E-state index in [0.29, 0.717) is 11.4 Å². The number of hydrogen-bond acceptors (Lipinski definition) is 3. The van der Waals surface area contributed by atoms with Gasteiger partial charge in [-0.1, -0.05) is 0 Å². The summed E-state index contributed by atoms with van der Waals surface area (Å²) in [6.07, 6.45) is 0. The fraction of sp³-hybridized carbons (Fsp3) is 0.167. The van der Waals surface area contributed by atoms with Crippen molar-refractivity contribution < 1.29 is 9.84 Å². The molecule has 3 heteroatoms. The Labute approximate surface area is 88.1 Å². The molecule has 0 saturated heterocycles. The maximum Gasteiger partial charge on any atom is 0.123 e. The quantitative estimate of drug-likeness (QED) is 0.553. The van der Waals surface area contributed by atoms with Gasteiger partial charge in [-0.25, -0.2) is 0 Å². The second-order valence-corrected chi connectivity index (χ2v) is 3.54. The number of methoxy groups -OCH3 is 1. The zero-order chi connectivity index (χ0) is 11.0. The van der Waals surface area contributed by atoms with Crippen LogP contribution in [-0.4, -0.2) is 12.2 Å². The number of aromatic hydroxyl groups is 1. The SMILES string of the molecule is COc1ccc2c(N)c(C)cc(O)c2c1. The van der Waals surface area contributed by atoms with Crippen LogP contribution in [0.3, 0.4) is 0 Å². The van der Waals surface area contributed by atoms with Gasteiger partial charge < -0.3 is 15.6 Å². The fourth-order valence-corrected chi connectivity index (χ4v) is 1.67. The highest BCUT2D eigenvalue weighted by atomic mass is 16.5. The number of nitrogens with two attached hydrogens (primary N) is 1. The number of nitrogen functional groups attached to an aromatic ring is 1. The van der Waals surface area contributed by atoms with Gasteiger partial charge in [0.2, 0.25) is 0 Å². The Kier molecular flexibility index (Phi) is 2.15. The molecule has 0 bridgehead atoms. The largest absolute Gasteiger partial charge is 0.507 e. The maximum absolute atomic E-state index is 9.79. The van der Waals surface area contributed by atoms with Crippen LogP contribution < -0.4 is 10.5 Å². The molecule has 0 spiro atoms. The first-order chi connectivity index (χ1) is 7.13. The molecule has 0 amide bonds. The molecule has 0 saturated carbocycles. The normalized spacial score (nSPS) is 10.5. The molecule has 2 aromatic rings. The summed E-state index contributed by atoms with van der Waals surface area (Å²) in [6.45, 7) is 1.87. The summed E-state index contributed by atoms with van der Waals surface area (Å²) in [6, 6.07) is 7.13. The standard InChI is InChI=1S/C12H13NO2/c1-7-5-11(14)10-6-8(15-2)3-4-9(10)12(7)13/h3-6,14H,13H2,1-2H3. The molecule has 2 aromatic carbocycles. The van der Waals surface area contributed by atoms with Crippen LogP contribution in [0.5, 0.6) is 11.5 Å². The van der Waals surface area contributed by atoms with Crippen molar-refractivity contribution in [1.82, 2.24) is 0 Å². The minimum Gasteiger partial charge on any atom is -0.507 e. The summed E-state index contributed by atoms with van der Waals surface area (Å²) < 4.78 is 5.10. The molecule has 0 unspecified atom stereocenters. The van der Waals surface area contributed by atoms with E-state index in [4.69, 9.17) is 10.5 Å². The predicted molar refractivity (Wildman–Crippen MR) is 61.3 cm³/mol. The number of ether oxygens (including phenoxy) is 1. The van der Waals surface area contributed by atoms with Crippen molar-refractivity contribution >= 4 is 16.5 Å². The molecule has 2 rings (SSSR count). The van der Waals surface area contributed by atoms with Crippen LogP contribution >= 0.6 is 0 Å². The van der Waals surface area contributed by atoms with E-state index in [2.05, 4.69) is 0 Å². The lowest BCUT2D eigenvalue weighted by Crippen LogP contribution is -1.92. The first-order valence-electron chi connectivity index (χ1n) is 4.69. The summed E-state index contributed by atoms with van der Waals surface area (Å²) >= 11 is 0. The number of aryl methyl sites for hydroxylation is 1. The summed E-state index contributed by atoms with van der Waals surface area (Å²) in [5.74, 6) is 0.941. The highest BCUT2D eigenvalue weighted by Gasteiger charge is 2.07. The number of benzene rings is 2.